The Bertz CT molecular complexity index is 161. The Balaban J connectivity index is 0. The fraction of sp³-hybridized carbons (Fsp3) is 0.400. The minimum absolute atomic E-state index is 0.806. The Morgan fingerprint density at radius 1 is 0.833 bits per heavy atom. The quantitative estimate of drug-likeness (QED) is 0.478. The molecule has 0 atom stereocenters. The molecular weight excluding hydrogens is 172 g/mol. The van der Waals surface area contributed by atoms with Gasteiger partial charge in [0.15, 0.2) is 6.61 Å². The number of carboxylic acids is 3. The summed E-state index contributed by atoms with van der Waals surface area (Å²) >= 11 is 0. The largest absolute Gasteiger partial charge is 0.481 e. The van der Waals surface area contributed by atoms with Crippen LogP contribution < -0.4 is 0 Å². The van der Waals surface area contributed by atoms with Gasteiger partial charge in [-0.05, 0) is 0 Å². The number of hydrogen-bond donors (Lipinski definition) is 3. The fourth-order valence-electron chi connectivity index (χ4n) is 0.129. The minimum Gasteiger partial charge on any atom is -0.481 e. The molecule has 0 amide bonds. The molecule has 12 heavy (non-hydrogen) atoms. The number of rotatable bonds is 3. The summed E-state index contributed by atoms with van der Waals surface area (Å²) in [5.41, 5.74) is 0. The van der Waals surface area contributed by atoms with E-state index in [1.807, 2.05) is 0 Å². The zero-order valence-electron chi connectivity index (χ0n) is 5.89. The van der Waals surface area contributed by atoms with Crippen LogP contribution in [0.25, 0.3) is 0 Å². The van der Waals surface area contributed by atoms with E-state index in [4.69, 9.17) is 25.2 Å². The monoisotopic (exact) mass is 179 g/mol. The number of carboxylic acid groups (broad SMARTS) is 3. The summed E-state index contributed by atoms with van der Waals surface area (Å²) in [5, 5.41) is 31.8. The van der Waals surface area contributed by atoms with Crippen LogP contribution in [-0.4, -0.2) is 39.8 Å². The van der Waals surface area contributed by atoms with Crippen molar-refractivity contribution in [3.8, 4) is 0 Å². The van der Waals surface area contributed by atoms with Gasteiger partial charge in [-0.3, -0.25) is 9.59 Å². The zero-order valence-corrected chi connectivity index (χ0v) is 5.89. The van der Waals surface area contributed by atoms with Crippen molar-refractivity contribution in [1.29, 1.82) is 0 Å². The van der Waals surface area contributed by atoms with Gasteiger partial charge in [0.05, 0.1) is 0 Å². The highest BCUT2D eigenvalue weighted by Gasteiger charge is 2.01. The van der Waals surface area contributed by atoms with Gasteiger partial charge < -0.3 is 15.3 Å². The topological polar surface area (TPSA) is 132 Å². The maximum atomic E-state index is 9.43. The average Bonchev–Trinajstić information content (AvgIpc) is 1.85. The molecular formula is C5H7O7. The molecule has 7 heteroatoms. The normalized spacial score (nSPS) is 7.75. The number of aliphatic carboxylic acids is 3. The van der Waals surface area contributed by atoms with Crippen molar-refractivity contribution in [2.75, 3.05) is 6.61 Å². The van der Waals surface area contributed by atoms with E-state index >= 15 is 0 Å². The maximum absolute atomic E-state index is 9.43. The van der Waals surface area contributed by atoms with Crippen molar-refractivity contribution in [2.24, 2.45) is 0 Å². The zero-order chi connectivity index (χ0) is 10.1. The Morgan fingerprint density at radius 2 is 1.08 bits per heavy atom. The lowest BCUT2D eigenvalue weighted by Gasteiger charge is -1.80. The second-order valence-electron chi connectivity index (χ2n) is 1.50. The van der Waals surface area contributed by atoms with Crippen molar-refractivity contribution in [2.45, 2.75) is 6.42 Å². The minimum atomic E-state index is -1.31. The average molecular weight is 179 g/mol. The van der Waals surface area contributed by atoms with Crippen molar-refractivity contribution in [1.82, 2.24) is 0 Å². The van der Waals surface area contributed by atoms with Crippen molar-refractivity contribution < 1.29 is 34.8 Å². The first-order valence-electron chi connectivity index (χ1n) is 2.63. The Morgan fingerprint density at radius 3 is 1.08 bits per heavy atom. The molecule has 0 aliphatic rings. The van der Waals surface area contributed by atoms with Crippen molar-refractivity contribution in [3.63, 3.8) is 0 Å². The van der Waals surface area contributed by atoms with Gasteiger partial charge in [0.25, 0.3) is 0 Å². The smallest absolute Gasteiger partial charge is 0.333 e. The highest BCUT2D eigenvalue weighted by atomic mass is 16.4. The summed E-state index contributed by atoms with van der Waals surface area (Å²) in [6.45, 7) is -1.03. The van der Waals surface area contributed by atoms with Crippen LogP contribution in [-0.2, 0) is 19.5 Å². The van der Waals surface area contributed by atoms with Crippen LogP contribution in [0.5, 0.6) is 0 Å². The van der Waals surface area contributed by atoms with E-state index < -0.39 is 30.9 Å². The van der Waals surface area contributed by atoms with E-state index in [9.17, 15) is 9.59 Å². The first-order chi connectivity index (χ1) is 5.40. The maximum Gasteiger partial charge on any atom is 0.333 e. The van der Waals surface area contributed by atoms with Crippen LogP contribution >= 0.6 is 0 Å². The second-order valence-corrected chi connectivity index (χ2v) is 1.50. The summed E-state index contributed by atoms with van der Waals surface area (Å²) in [7, 11) is 0. The molecule has 0 unspecified atom stereocenters. The van der Waals surface area contributed by atoms with E-state index in [1.54, 1.807) is 0 Å². The molecule has 7 nitrogen and oxygen atoms in total. The van der Waals surface area contributed by atoms with Crippen molar-refractivity contribution >= 4 is 17.9 Å². The summed E-state index contributed by atoms with van der Waals surface area (Å²) in [6.07, 6.45) is -0.806. The van der Waals surface area contributed by atoms with E-state index in [-0.39, 0.29) is 0 Å². The molecule has 69 valence electrons. The van der Waals surface area contributed by atoms with Gasteiger partial charge in [-0.2, -0.15) is 0 Å². The SMILES string of the molecule is O=C(O)CC(=O)O.[O]CC(=O)O. The second kappa shape index (κ2) is 7.48. The van der Waals surface area contributed by atoms with E-state index in [1.165, 1.54) is 0 Å². The van der Waals surface area contributed by atoms with Gasteiger partial charge in [0.2, 0.25) is 0 Å². The lowest BCUT2D eigenvalue weighted by atomic mass is 10.5. The molecule has 0 heterocycles. The fourth-order valence-corrected chi connectivity index (χ4v) is 0.129. The highest BCUT2D eigenvalue weighted by molar-refractivity contribution is 5.88. The van der Waals surface area contributed by atoms with Gasteiger partial charge in [0, 0.05) is 0 Å². The lowest BCUT2D eigenvalue weighted by molar-refractivity contribution is -0.147. The number of carbonyl (C=O) groups is 3. The molecule has 0 saturated heterocycles. The third kappa shape index (κ3) is 23.8. The summed E-state index contributed by atoms with van der Waals surface area (Å²) in [6, 6.07) is 0. The van der Waals surface area contributed by atoms with Gasteiger partial charge in [-0.1, -0.05) is 0 Å². The van der Waals surface area contributed by atoms with Crippen molar-refractivity contribution in [3.05, 3.63) is 0 Å². The Hall–Kier alpha value is -1.63. The third-order valence-corrected chi connectivity index (χ3v) is 0.426. The Labute approximate surface area is 66.9 Å². The summed E-state index contributed by atoms with van der Waals surface area (Å²) in [4.78, 5) is 27.9. The Kier molecular flexibility index (Phi) is 8.10. The first-order valence-corrected chi connectivity index (χ1v) is 2.63. The van der Waals surface area contributed by atoms with Gasteiger partial charge in [-0.15, -0.1) is 0 Å². The van der Waals surface area contributed by atoms with Crippen LogP contribution in [0.2, 0.25) is 0 Å². The predicted molar refractivity (Wildman–Crippen MR) is 33.1 cm³/mol. The van der Waals surface area contributed by atoms with Crippen LogP contribution in [0.3, 0.4) is 0 Å². The molecule has 0 aliphatic carbocycles. The van der Waals surface area contributed by atoms with Crippen LogP contribution in [0, 0.1) is 0 Å². The molecule has 0 fully saturated rings. The van der Waals surface area contributed by atoms with E-state index in [2.05, 4.69) is 0 Å². The van der Waals surface area contributed by atoms with Gasteiger partial charge in [-0.25, -0.2) is 9.90 Å². The molecule has 0 rings (SSSR count). The standard InChI is InChI=1S/C3H4O4.C2H3O3/c4-2(5)1-3(6)7;3-1-2(4)5/h1H2,(H,4,5)(H,6,7);1H2,(H,4,5). The molecule has 0 aromatic carbocycles. The van der Waals surface area contributed by atoms with Crippen LogP contribution in [0.4, 0.5) is 0 Å². The van der Waals surface area contributed by atoms with Gasteiger partial charge >= 0.3 is 17.9 Å². The third-order valence-electron chi connectivity index (χ3n) is 0.426. The molecule has 0 aliphatic heterocycles. The molecule has 0 spiro atoms. The lowest BCUT2D eigenvalue weighted by Crippen LogP contribution is -2.03. The summed E-state index contributed by atoms with van der Waals surface area (Å²) in [5.74, 6) is -3.93. The molecule has 0 bridgehead atoms. The molecule has 0 aromatic rings. The first kappa shape index (κ1) is 13.0. The molecule has 1 radical (unpaired) electrons. The van der Waals surface area contributed by atoms with E-state index in [0.717, 1.165) is 0 Å². The molecule has 0 aromatic heterocycles. The number of hydrogen-bond acceptors (Lipinski definition) is 3. The van der Waals surface area contributed by atoms with Crippen LogP contribution in [0.15, 0.2) is 0 Å². The molecule has 0 saturated carbocycles. The van der Waals surface area contributed by atoms with E-state index in [0.29, 0.717) is 0 Å². The van der Waals surface area contributed by atoms with Gasteiger partial charge in [0.1, 0.15) is 6.42 Å². The highest BCUT2D eigenvalue weighted by Crippen LogP contribution is 1.74. The molecule has 3 N–H and O–H groups in total. The van der Waals surface area contributed by atoms with Crippen LogP contribution in [0.1, 0.15) is 6.42 Å². The summed E-state index contributed by atoms with van der Waals surface area (Å²) < 4.78 is 0. The predicted octanol–water partition coefficient (Wildman–Crippen LogP) is -0.953.